The summed E-state index contributed by atoms with van der Waals surface area (Å²) in [5.41, 5.74) is 4.75. The zero-order chi connectivity index (χ0) is 27.8. The molecular weight excluding hydrogens is 530 g/mol. The number of nitrogens with two attached hydrogens (primary N) is 1. The van der Waals surface area contributed by atoms with Crippen LogP contribution in [0, 0.1) is 11.7 Å². The van der Waals surface area contributed by atoms with Gasteiger partial charge in [-0.3, -0.25) is 9.59 Å². The Morgan fingerprint density at radius 1 is 1.18 bits per heavy atom. The molecule has 206 valence electrons. The second kappa shape index (κ2) is 10.8. The Labute approximate surface area is 221 Å². The Kier molecular flexibility index (Phi) is 7.86. The van der Waals surface area contributed by atoms with Crippen molar-refractivity contribution in [1.29, 1.82) is 0 Å². The summed E-state index contributed by atoms with van der Waals surface area (Å²) in [6.45, 7) is 0.760. The minimum absolute atomic E-state index is 0.0176. The van der Waals surface area contributed by atoms with Gasteiger partial charge in [0.2, 0.25) is 17.6 Å². The van der Waals surface area contributed by atoms with E-state index in [1.807, 2.05) is 0 Å². The summed E-state index contributed by atoms with van der Waals surface area (Å²) in [7, 11) is 3.24. The number of likely N-dealkylation sites (tertiary alicyclic amines) is 1. The van der Waals surface area contributed by atoms with E-state index in [0.29, 0.717) is 32.4 Å². The molecule has 38 heavy (non-hydrogen) atoms. The maximum atomic E-state index is 14.7. The average molecular weight is 558 g/mol. The van der Waals surface area contributed by atoms with Gasteiger partial charge in [-0.15, -0.1) is 0 Å². The lowest BCUT2D eigenvalue weighted by Crippen LogP contribution is -2.62. The van der Waals surface area contributed by atoms with Crippen LogP contribution in [-0.4, -0.2) is 77.4 Å². The van der Waals surface area contributed by atoms with Crippen LogP contribution in [0.25, 0.3) is 0 Å². The van der Waals surface area contributed by atoms with E-state index in [0.717, 1.165) is 18.5 Å². The standard InChI is InChI=1S/C24H28ClF4N7O2/c1-34(2)22(37)16-5-7-35(21-19(26)20(30)31-12-32-21)11-18(16)36-6-3-4-17(23(36)38)33-15-9-13(24(27,28)29)8-14(25)10-15/h8-10,12,16-18,33H,3-7,11H2,1-2H3,(H2,30,31,32)/t16-,17+,18?/m1/s1. The van der Waals surface area contributed by atoms with E-state index in [4.69, 9.17) is 17.3 Å². The van der Waals surface area contributed by atoms with Gasteiger partial charge in [0, 0.05) is 44.4 Å². The topological polar surface area (TPSA) is 108 Å². The molecule has 2 aliphatic rings. The van der Waals surface area contributed by atoms with Crippen molar-refractivity contribution in [2.45, 2.75) is 37.5 Å². The lowest BCUT2D eigenvalue weighted by Gasteiger charge is -2.47. The fraction of sp³-hybridized carbons (Fsp3) is 0.500. The van der Waals surface area contributed by atoms with Crippen LogP contribution in [0.2, 0.25) is 5.02 Å². The molecule has 0 saturated carbocycles. The van der Waals surface area contributed by atoms with Crippen molar-refractivity contribution in [3.8, 4) is 0 Å². The van der Waals surface area contributed by atoms with Crippen molar-refractivity contribution >= 4 is 40.7 Å². The predicted molar refractivity (Wildman–Crippen MR) is 134 cm³/mol. The highest BCUT2D eigenvalue weighted by molar-refractivity contribution is 6.31. The number of hydrogen-bond acceptors (Lipinski definition) is 7. The maximum absolute atomic E-state index is 14.7. The van der Waals surface area contributed by atoms with E-state index in [1.165, 1.54) is 11.0 Å². The van der Waals surface area contributed by atoms with Gasteiger partial charge in [-0.05, 0) is 37.5 Å². The molecule has 0 radical (unpaired) electrons. The summed E-state index contributed by atoms with van der Waals surface area (Å²) in [4.78, 5) is 39.0. The van der Waals surface area contributed by atoms with Crippen molar-refractivity contribution in [3.05, 3.63) is 40.9 Å². The molecule has 9 nitrogen and oxygen atoms in total. The van der Waals surface area contributed by atoms with Crippen LogP contribution < -0.4 is 16.0 Å². The van der Waals surface area contributed by atoms with Crippen molar-refractivity contribution < 1.29 is 27.2 Å². The van der Waals surface area contributed by atoms with Gasteiger partial charge in [0.15, 0.2) is 11.6 Å². The first kappa shape index (κ1) is 27.7. The normalized spacial score (nSPS) is 22.4. The number of alkyl halides is 3. The van der Waals surface area contributed by atoms with Gasteiger partial charge >= 0.3 is 6.18 Å². The molecule has 1 aromatic heterocycles. The van der Waals surface area contributed by atoms with Crippen molar-refractivity contribution in [2.24, 2.45) is 5.92 Å². The zero-order valence-corrected chi connectivity index (χ0v) is 21.6. The number of carbonyl (C=O) groups is 2. The van der Waals surface area contributed by atoms with E-state index in [9.17, 15) is 27.2 Å². The molecule has 2 saturated heterocycles. The van der Waals surface area contributed by atoms with E-state index in [2.05, 4.69) is 15.3 Å². The molecule has 3 N–H and O–H groups in total. The quantitative estimate of drug-likeness (QED) is 0.543. The highest BCUT2D eigenvalue weighted by atomic mass is 35.5. The lowest BCUT2D eigenvalue weighted by atomic mass is 9.87. The number of nitrogen functional groups attached to an aromatic ring is 1. The van der Waals surface area contributed by atoms with Crippen LogP contribution in [0.5, 0.6) is 0 Å². The smallest absolute Gasteiger partial charge is 0.381 e. The van der Waals surface area contributed by atoms with Crippen LogP contribution in [0.4, 0.5) is 34.9 Å². The number of amides is 2. The molecule has 0 aliphatic carbocycles. The van der Waals surface area contributed by atoms with Crippen LogP contribution in [0.3, 0.4) is 0 Å². The van der Waals surface area contributed by atoms with Gasteiger partial charge in [0.25, 0.3) is 0 Å². The number of aromatic nitrogens is 2. The Balaban J connectivity index is 1.61. The molecule has 14 heteroatoms. The molecule has 2 fully saturated rings. The summed E-state index contributed by atoms with van der Waals surface area (Å²) < 4.78 is 54.5. The van der Waals surface area contributed by atoms with E-state index >= 15 is 0 Å². The number of anilines is 3. The van der Waals surface area contributed by atoms with E-state index in [1.54, 1.807) is 23.9 Å². The fourth-order valence-electron chi connectivity index (χ4n) is 5.05. The van der Waals surface area contributed by atoms with Gasteiger partial charge < -0.3 is 25.8 Å². The lowest BCUT2D eigenvalue weighted by molar-refractivity contribution is -0.143. The van der Waals surface area contributed by atoms with Crippen LogP contribution in [0.1, 0.15) is 24.8 Å². The summed E-state index contributed by atoms with van der Waals surface area (Å²) in [6.07, 6.45) is -2.20. The SMILES string of the molecule is CN(C)C(=O)[C@@H]1CCN(c2ncnc(N)c2F)CC1N1CCC[C@H](Nc2cc(Cl)cc(C(F)(F)F)c2)C1=O. The second-order valence-corrected chi connectivity index (χ2v) is 10.1. The molecule has 4 rings (SSSR count). The van der Waals surface area contributed by atoms with Crippen molar-refractivity contribution in [1.82, 2.24) is 19.8 Å². The largest absolute Gasteiger partial charge is 0.416 e. The van der Waals surface area contributed by atoms with E-state index in [-0.39, 0.29) is 40.7 Å². The number of carbonyl (C=O) groups excluding carboxylic acids is 2. The number of piperidine rings is 2. The monoisotopic (exact) mass is 557 g/mol. The van der Waals surface area contributed by atoms with Gasteiger partial charge in [-0.1, -0.05) is 11.6 Å². The minimum atomic E-state index is -4.60. The summed E-state index contributed by atoms with van der Waals surface area (Å²) in [6, 6.07) is 1.58. The molecule has 2 aromatic rings. The Bertz CT molecular complexity index is 1210. The molecule has 0 bridgehead atoms. The third-order valence-electron chi connectivity index (χ3n) is 6.88. The summed E-state index contributed by atoms with van der Waals surface area (Å²) >= 11 is 5.91. The highest BCUT2D eigenvalue weighted by Gasteiger charge is 2.44. The maximum Gasteiger partial charge on any atom is 0.416 e. The number of nitrogens with zero attached hydrogens (tertiary/aromatic N) is 5. The Morgan fingerprint density at radius 3 is 2.61 bits per heavy atom. The van der Waals surface area contributed by atoms with E-state index < -0.39 is 35.6 Å². The molecule has 2 aliphatic heterocycles. The number of halogens is 5. The first-order chi connectivity index (χ1) is 17.9. The van der Waals surface area contributed by atoms with Crippen molar-refractivity contribution in [3.63, 3.8) is 0 Å². The zero-order valence-electron chi connectivity index (χ0n) is 20.8. The van der Waals surface area contributed by atoms with Gasteiger partial charge in [0.1, 0.15) is 12.4 Å². The summed E-state index contributed by atoms with van der Waals surface area (Å²) in [5, 5.41) is 2.78. The van der Waals surface area contributed by atoms with Crippen LogP contribution >= 0.6 is 11.6 Å². The number of nitrogens with one attached hydrogen (secondary N) is 1. The van der Waals surface area contributed by atoms with Gasteiger partial charge in [0.05, 0.1) is 17.5 Å². The second-order valence-electron chi connectivity index (χ2n) is 9.63. The predicted octanol–water partition coefficient (Wildman–Crippen LogP) is 3.26. The van der Waals surface area contributed by atoms with Gasteiger partial charge in [-0.25, -0.2) is 9.97 Å². The Morgan fingerprint density at radius 2 is 1.92 bits per heavy atom. The van der Waals surface area contributed by atoms with Crippen LogP contribution in [-0.2, 0) is 15.8 Å². The number of benzene rings is 1. The number of hydrogen-bond donors (Lipinski definition) is 2. The highest BCUT2D eigenvalue weighted by Crippen LogP contribution is 2.35. The van der Waals surface area contributed by atoms with Gasteiger partial charge in [-0.2, -0.15) is 17.6 Å². The molecule has 1 unspecified atom stereocenters. The minimum Gasteiger partial charge on any atom is -0.381 e. The third kappa shape index (κ3) is 5.71. The summed E-state index contributed by atoms with van der Waals surface area (Å²) in [5.74, 6) is -2.21. The number of rotatable bonds is 5. The third-order valence-corrected chi connectivity index (χ3v) is 7.10. The molecule has 3 heterocycles. The molecule has 2 amide bonds. The van der Waals surface area contributed by atoms with Crippen molar-refractivity contribution in [2.75, 3.05) is 49.7 Å². The first-order valence-electron chi connectivity index (χ1n) is 12.0. The molecule has 1 aromatic carbocycles. The molecular formula is C24H28ClF4N7O2. The first-order valence-corrected chi connectivity index (χ1v) is 12.4. The fourth-order valence-corrected chi connectivity index (χ4v) is 5.29. The average Bonchev–Trinajstić information content (AvgIpc) is 2.85. The van der Waals surface area contributed by atoms with Crippen LogP contribution in [0.15, 0.2) is 24.5 Å². The molecule has 3 atom stereocenters. The molecule has 0 spiro atoms. The Hall–Kier alpha value is -3.35.